The molecule has 6 nitrogen and oxygen atoms in total. The van der Waals surface area contributed by atoms with Gasteiger partial charge in [-0.2, -0.15) is 0 Å². The molecule has 2 aromatic rings. The molecule has 4 rings (SSSR count). The van der Waals surface area contributed by atoms with Gasteiger partial charge in [0.05, 0.1) is 18.6 Å². The minimum absolute atomic E-state index is 0.0382. The van der Waals surface area contributed by atoms with Gasteiger partial charge in [0, 0.05) is 57.2 Å². The summed E-state index contributed by atoms with van der Waals surface area (Å²) in [6.45, 7) is 2.84. The maximum absolute atomic E-state index is 12.8. The van der Waals surface area contributed by atoms with Crippen molar-refractivity contribution in [1.29, 1.82) is 0 Å². The lowest BCUT2D eigenvalue weighted by molar-refractivity contribution is 0.0262. The van der Waals surface area contributed by atoms with E-state index in [9.17, 15) is 4.79 Å². The number of fused-ring (bicyclic) bond motifs is 1. The number of aromatic nitrogens is 2. The molecular formula is C20H26N4O2. The summed E-state index contributed by atoms with van der Waals surface area (Å²) in [5.41, 5.74) is 2.30. The van der Waals surface area contributed by atoms with Crippen LogP contribution in [0, 0.1) is 5.92 Å². The monoisotopic (exact) mass is 354 g/mol. The zero-order valence-corrected chi connectivity index (χ0v) is 15.2. The first kappa shape index (κ1) is 17.1. The Morgan fingerprint density at radius 2 is 2.19 bits per heavy atom. The van der Waals surface area contributed by atoms with Gasteiger partial charge in [-0.25, -0.2) is 9.78 Å². The molecule has 3 heterocycles. The predicted octanol–water partition coefficient (Wildman–Crippen LogP) is 2.18. The van der Waals surface area contributed by atoms with E-state index in [1.807, 2.05) is 28.8 Å². The molecule has 2 aliphatic rings. The zero-order chi connectivity index (χ0) is 17.9. The number of aryl methyl sites for hydroxylation is 1. The lowest BCUT2D eigenvalue weighted by Gasteiger charge is -2.32. The Labute approximate surface area is 154 Å². The van der Waals surface area contributed by atoms with Gasteiger partial charge in [-0.05, 0) is 12.0 Å². The van der Waals surface area contributed by atoms with Crippen LogP contribution in [0.3, 0.4) is 0 Å². The number of urea groups is 1. The van der Waals surface area contributed by atoms with E-state index < -0.39 is 0 Å². The van der Waals surface area contributed by atoms with Crippen molar-refractivity contribution in [1.82, 2.24) is 19.8 Å². The maximum Gasteiger partial charge on any atom is 0.317 e. The van der Waals surface area contributed by atoms with Crippen LogP contribution in [0.15, 0.2) is 42.9 Å². The summed E-state index contributed by atoms with van der Waals surface area (Å²) in [5.74, 6) is 0.732. The van der Waals surface area contributed by atoms with Gasteiger partial charge in [0.15, 0.2) is 0 Å². The molecule has 0 saturated carbocycles. The van der Waals surface area contributed by atoms with E-state index in [-0.39, 0.29) is 12.1 Å². The molecule has 2 aliphatic heterocycles. The van der Waals surface area contributed by atoms with Crippen LogP contribution in [0.5, 0.6) is 0 Å². The van der Waals surface area contributed by atoms with Crippen molar-refractivity contribution in [3.05, 3.63) is 54.1 Å². The number of amides is 2. The highest BCUT2D eigenvalue weighted by Crippen LogP contribution is 2.40. The minimum atomic E-state index is 0.0382. The summed E-state index contributed by atoms with van der Waals surface area (Å²) in [4.78, 5) is 19.2. The summed E-state index contributed by atoms with van der Waals surface area (Å²) in [7, 11) is 1.95. The Balaban J connectivity index is 1.41. The fourth-order valence-corrected chi connectivity index (χ4v) is 4.28. The van der Waals surface area contributed by atoms with Gasteiger partial charge in [0.1, 0.15) is 0 Å². The van der Waals surface area contributed by atoms with Gasteiger partial charge in [-0.3, -0.25) is 0 Å². The number of rotatable bonds is 4. The molecule has 26 heavy (non-hydrogen) atoms. The Bertz CT molecular complexity index is 745. The van der Waals surface area contributed by atoms with Crippen LogP contribution in [0.2, 0.25) is 0 Å². The summed E-state index contributed by atoms with van der Waals surface area (Å²) >= 11 is 0. The molecule has 138 valence electrons. The zero-order valence-electron chi connectivity index (χ0n) is 15.2. The Kier molecular flexibility index (Phi) is 4.93. The molecule has 3 atom stereocenters. The number of carbonyl (C=O) groups is 1. The van der Waals surface area contributed by atoms with Crippen molar-refractivity contribution in [2.24, 2.45) is 13.0 Å². The van der Waals surface area contributed by atoms with Gasteiger partial charge < -0.3 is 19.5 Å². The SMILES string of the molecule is Cn1cnc(CCNC(=O)N2C[C@H](c3ccccc3)[C@H]3COCC[C@H]32)c1. The van der Waals surface area contributed by atoms with Gasteiger partial charge in [-0.15, -0.1) is 0 Å². The van der Waals surface area contributed by atoms with Crippen LogP contribution in [-0.2, 0) is 18.2 Å². The number of hydrogen-bond acceptors (Lipinski definition) is 3. The highest BCUT2D eigenvalue weighted by Gasteiger charge is 2.45. The van der Waals surface area contributed by atoms with Crippen LogP contribution < -0.4 is 5.32 Å². The third kappa shape index (κ3) is 3.46. The summed E-state index contributed by atoms with van der Waals surface area (Å²) in [6, 6.07) is 10.8. The average Bonchev–Trinajstić information content (AvgIpc) is 3.26. The number of hydrogen-bond donors (Lipinski definition) is 1. The highest BCUT2D eigenvalue weighted by molar-refractivity contribution is 5.75. The van der Waals surface area contributed by atoms with Gasteiger partial charge in [-0.1, -0.05) is 30.3 Å². The van der Waals surface area contributed by atoms with Crippen LogP contribution in [0.1, 0.15) is 23.6 Å². The van der Waals surface area contributed by atoms with E-state index >= 15 is 0 Å². The number of imidazole rings is 1. The second-order valence-electron chi connectivity index (χ2n) is 7.28. The number of nitrogens with zero attached hydrogens (tertiary/aromatic N) is 3. The summed E-state index contributed by atoms with van der Waals surface area (Å²) in [5, 5.41) is 3.08. The normalized spacial score (nSPS) is 25.1. The standard InChI is InChI=1S/C20H26N4O2/c1-23-11-16(22-14-23)7-9-21-20(25)24-12-17(15-5-3-2-4-6-15)18-13-26-10-8-19(18)24/h2-6,11,14,17-19H,7-10,12-13H2,1H3,(H,21,25)/t17-,18-,19-/m1/s1. The number of ether oxygens (including phenoxy) is 1. The molecule has 2 amide bonds. The van der Waals surface area contributed by atoms with Crippen LogP contribution in [0.4, 0.5) is 4.79 Å². The van der Waals surface area contributed by atoms with E-state index in [0.717, 1.165) is 38.3 Å². The quantitative estimate of drug-likeness (QED) is 0.915. The summed E-state index contributed by atoms with van der Waals surface area (Å²) in [6.07, 6.45) is 5.44. The third-order valence-corrected chi connectivity index (χ3v) is 5.58. The van der Waals surface area contributed by atoms with Crippen molar-refractivity contribution in [2.75, 3.05) is 26.3 Å². The molecule has 0 radical (unpaired) electrons. The Hall–Kier alpha value is -2.34. The molecule has 6 heteroatoms. The smallest absolute Gasteiger partial charge is 0.317 e. The summed E-state index contributed by atoms with van der Waals surface area (Å²) < 4.78 is 7.66. The van der Waals surface area contributed by atoms with E-state index in [4.69, 9.17) is 4.74 Å². The molecule has 0 aliphatic carbocycles. The Morgan fingerprint density at radius 3 is 2.96 bits per heavy atom. The highest BCUT2D eigenvalue weighted by atomic mass is 16.5. The van der Waals surface area contributed by atoms with E-state index in [1.165, 1.54) is 5.56 Å². The minimum Gasteiger partial charge on any atom is -0.381 e. The Morgan fingerprint density at radius 1 is 1.35 bits per heavy atom. The second-order valence-corrected chi connectivity index (χ2v) is 7.28. The third-order valence-electron chi connectivity index (χ3n) is 5.58. The molecule has 1 N–H and O–H groups in total. The second kappa shape index (κ2) is 7.50. The number of carbonyl (C=O) groups excluding carboxylic acids is 1. The average molecular weight is 354 g/mol. The van der Waals surface area contributed by atoms with Crippen molar-refractivity contribution >= 4 is 6.03 Å². The van der Waals surface area contributed by atoms with Crippen molar-refractivity contribution in [3.63, 3.8) is 0 Å². The topological polar surface area (TPSA) is 59.4 Å². The van der Waals surface area contributed by atoms with Crippen LogP contribution >= 0.6 is 0 Å². The van der Waals surface area contributed by atoms with Crippen molar-refractivity contribution in [3.8, 4) is 0 Å². The molecule has 2 fully saturated rings. The largest absolute Gasteiger partial charge is 0.381 e. The molecule has 1 aromatic heterocycles. The number of likely N-dealkylation sites (tertiary alicyclic amines) is 1. The lowest BCUT2D eigenvalue weighted by atomic mass is 9.84. The van der Waals surface area contributed by atoms with Crippen molar-refractivity contribution < 1.29 is 9.53 Å². The molecule has 0 bridgehead atoms. The molecule has 1 aromatic carbocycles. The fraction of sp³-hybridized carbons (Fsp3) is 0.500. The van der Waals surface area contributed by atoms with Crippen molar-refractivity contribution in [2.45, 2.75) is 24.8 Å². The van der Waals surface area contributed by atoms with Gasteiger partial charge in [0.25, 0.3) is 0 Å². The van der Waals surface area contributed by atoms with Crippen LogP contribution in [-0.4, -0.2) is 52.8 Å². The van der Waals surface area contributed by atoms with E-state index in [1.54, 1.807) is 6.33 Å². The molecule has 0 spiro atoms. The van der Waals surface area contributed by atoms with E-state index in [0.29, 0.717) is 18.4 Å². The van der Waals surface area contributed by atoms with E-state index in [2.05, 4.69) is 34.6 Å². The first-order chi connectivity index (χ1) is 12.7. The maximum atomic E-state index is 12.8. The first-order valence-electron chi connectivity index (χ1n) is 9.36. The predicted molar refractivity (Wildman–Crippen MR) is 98.9 cm³/mol. The number of benzene rings is 1. The lowest BCUT2D eigenvalue weighted by Crippen LogP contribution is -2.47. The number of nitrogens with one attached hydrogen (secondary N) is 1. The van der Waals surface area contributed by atoms with Gasteiger partial charge in [0.2, 0.25) is 0 Å². The fourth-order valence-electron chi connectivity index (χ4n) is 4.28. The molecule has 0 unspecified atom stereocenters. The molecular weight excluding hydrogens is 328 g/mol. The first-order valence-corrected chi connectivity index (χ1v) is 9.36. The van der Waals surface area contributed by atoms with Gasteiger partial charge >= 0.3 is 6.03 Å². The molecule has 2 saturated heterocycles. The van der Waals surface area contributed by atoms with Crippen LogP contribution in [0.25, 0.3) is 0 Å².